The molecule has 1 heterocycles. The highest BCUT2D eigenvalue weighted by Crippen LogP contribution is 2.27. The minimum absolute atomic E-state index is 0.124. The lowest BCUT2D eigenvalue weighted by Gasteiger charge is -2.24. The van der Waals surface area contributed by atoms with Crippen molar-refractivity contribution < 1.29 is 13.2 Å². The van der Waals surface area contributed by atoms with Gasteiger partial charge in [-0.05, 0) is 43.7 Å². The van der Waals surface area contributed by atoms with Crippen molar-refractivity contribution in [2.45, 2.75) is 18.1 Å². The number of amides is 1. The molecule has 1 aromatic heterocycles. The lowest BCUT2D eigenvalue weighted by atomic mass is 10.2. The number of nitrogens with zero attached hydrogens (tertiary/aromatic N) is 2. The first-order valence-corrected chi connectivity index (χ1v) is 11.2. The topological polar surface area (TPSA) is 69.7 Å². The monoisotopic (exact) mass is 429 g/mol. The fourth-order valence-corrected chi connectivity index (χ4v) is 5.38. The van der Waals surface area contributed by atoms with Crippen molar-refractivity contribution in [1.29, 1.82) is 0 Å². The van der Waals surface area contributed by atoms with Crippen molar-refractivity contribution in [3.63, 3.8) is 0 Å². The Bertz CT molecular complexity index is 883. The number of thiophene rings is 1. The van der Waals surface area contributed by atoms with E-state index in [-0.39, 0.29) is 16.7 Å². The number of halogens is 1. The molecule has 2 rings (SSSR count). The van der Waals surface area contributed by atoms with Gasteiger partial charge in [0, 0.05) is 32.4 Å². The zero-order valence-electron chi connectivity index (χ0n) is 15.6. The number of hydrogen-bond donors (Lipinski definition) is 1. The molecular formula is C18H24ClN3O3S2. The number of carbonyl (C=O) groups excluding carboxylic acids is 1. The molecule has 6 nitrogen and oxygen atoms in total. The summed E-state index contributed by atoms with van der Waals surface area (Å²) in [5.74, 6) is -0.343. The molecule has 148 valence electrons. The minimum atomic E-state index is -3.71. The van der Waals surface area contributed by atoms with E-state index in [9.17, 15) is 13.2 Å². The van der Waals surface area contributed by atoms with Crippen molar-refractivity contribution >= 4 is 44.6 Å². The maximum Gasteiger partial charge on any atom is 0.252 e. The quantitative estimate of drug-likeness (QED) is 0.665. The maximum atomic E-state index is 12.4. The Morgan fingerprint density at radius 2 is 2.00 bits per heavy atom. The third-order valence-electron chi connectivity index (χ3n) is 4.03. The van der Waals surface area contributed by atoms with E-state index in [1.54, 1.807) is 0 Å². The smallest absolute Gasteiger partial charge is 0.252 e. The van der Waals surface area contributed by atoms with E-state index in [0.717, 1.165) is 27.9 Å². The molecule has 0 saturated heterocycles. The average molecular weight is 430 g/mol. The number of sulfonamides is 1. The van der Waals surface area contributed by atoms with E-state index < -0.39 is 10.0 Å². The third-order valence-corrected chi connectivity index (χ3v) is 7.53. The molecule has 0 aliphatic heterocycles. The van der Waals surface area contributed by atoms with E-state index in [1.165, 1.54) is 24.7 Å². The van der Waals surface area contributed by atoms with Crippen LogP contribution < -0.4 is 10.2 Å². The summed E-state index contributed by atoms with van der Waals surface area (Å²) in [7, 11) is -2.33. The number of anilines is 1. The van der Waals surface area contributed by atoms with Crippen LogP contribution in [0.25, 0.3) is 0 Å². The Labute approximate surface area is 169 Å². The number of hydrogen-bond acceptors (Lipinski definition) is 5. The summed E-state index contributed by atoms with van der Waals surface area (Å²) in [4.78, 5) is 14.3. The number of nitrogens with one attached hydrogen (secondary N) is 1. The average Bonchev–Trinajstić information content (AvgIpc) is 3.06. The summed E-state index contributed by atoms with van der Waals surface area (Å²) in [6, 6.07) is 11.1. The van der Waals surface area contributed by atoms with E-state index >= 15 is 0 Å². The third kappa shape index (κ3) is 5.93. The van der Waals surface area contributed by atoms with Gasteiger partial charge in [-0.2, -0.15) is 4.31 Å². The van der Waals surface area contributed by atoms with Gasteiger partial charge in [-0.15, -0.1) is 11.3 Å². The molecule has 0 aliphatic carbocycles. The zero-order chi connectivity index (χ0) is 20.0. The van der Waals surface area contributed by atoms with Gasteiger partial charge in [-0.3, -0.25) is 4.79 Å². The van der Waals surface area contributed by atoms with Gasteiger partial charge in [0.05, 0.1) is 10.9 Å². The highest BCUT2D eigenvalue weighted by Gasteiger charge is 2.24. The Balaban J connectivity index is 1.86. The fraction of sp³-hybridized carbons (Fsp3) is 0.389. The number of aryl methyl sites for hydroxylation is 1. The first-order valence-electron chi connectivity index (χ1n) is 8.54. The van der Waals surface area contributed by atoms with Gasteiger partial charge in [0.2, 0.25) is 5.91 Å². The second kappa shape index (κ2) is 9.54. The van der Waals surface area contributed by atoms with Gasteiger partial charge >= 0.3 is 0 Å². The molecule has 0 spiro atoms. The van der Waals surface area contributed by atoms with Gasteiger partial charge < -0.3 is 10.2 Å². The molecular weight excluding hydrogens is 406 g/mol. The molecule has 9 heteroatoms. The van der Waals surface area contributed by atoms with Crippen LogP contribution in [0.2, 0.25) is 4.34 Å². The highest BCUT2D eigenvalue weighted by atomic mass is 35.5. The second-order valence-corrected chi connectivity index (χ2v) is 10.1. The number of likely N-dealkylation sites (N-methyl/N-ethyl adjacent to an activating group) is 2. The van der Waals surface area contributed by atoms with Crippen LogP contribution in [-0.4, -0.2) is 51.9 Å². The van der Waals surface area contributed by atoms with Crippen molar-refractivity contribution in [3.8, 4) is 0 Å². The van der Waals surface area contributed by atoms with E-state index in [0.29, 0.717) is 17.4 Å². The second-order valence-electron chi connectivity index (χ2n) is 6.09. The van der Waals surface area contributed by atoms with Crippen LogP contribution in [0.4, 0.5) is 5.69 Å². The molecule has 1 N–H and O–H groups in total. The van der Waals surface area contributed by atoms with Crippen molar-refractivity contribution in [3.05, 3.63) is 46.3 Å². The molecule has 2 aromatic rings. The molecule has 0 radical (unpaired) electrons. The predicted octanol–water partition coefficient (Wildman–Crippen LogP) is 2.97. The lowest BCUT2D eigenvalue weighted by molar-refractivity contribution is -0.121. The summed E-state index contributed by atoms with van der Waals surface area (Å²) >= 11 is 6.77. The van der Waals surface area contributed by atoms with Crippen LogP contribution in [0.3, 0.4) is 0 Å². The van der Waals surface area contributed by atoms with Crippen molar-refractivity contribution in [1.82, 2.24) is 9.62 Å². The molecule has 0 aliphatic rings. The summed E-state index contributed by atoms with van der Waals surface area (Å²) in [5.41, 5.74) is 2.27. The molecule has 0 bridgehead atoms. The van der Waals surface area contributed by atoms with Crippen molar-refractivity contribution in [2.75, 3.05) is 38.1 Å². The number of carbonyl (C=O) groups is 1. The van der Waals surface area contributed by atoms with Gasteiger partial charge in [-0.1, -0.05) is 23.7 Å². The molecule has 1 aromatic carbocycles. The van der Waals surface area contributed by atoms with Gasteiger partial charge in [0.25, 0.3) is 10.0 Å². The van der Waals surface area contributed by atoms with Crippen LogP contribution in [0.15, 0.2) is 40.6 Å². The fourth-order valence-electron chi connectivity index (χ4n) is 2.56. The standard InChI is InChI=1S/C18H24ClN3O3S2/c1-4-22(15-7-5-6-14(2)12-15)11-10-20-17(23)13-21(3)27(24,25)18-9-8-16(19)26-18/h5-9,12H,4,10-11,13H2,1-3H3,(H,20,23). The van der Waals surface area contributed by atoms with Crippen LogP contribution >= 0.6 is 22.9 Å². The summed E-state index contributed by atoms with van der Waals surface area (Å²) in [6.45, 7) is 5.73. The Morgan fingerprint density at radius 1 is 1.26 bits per heavy atom. The first kappa shape index (κ1) is 21.7. The number of benzene rings is 1. The van der Waals surface area contributed by atoms with E-state index in [4.69, 9.17) is 11.6 Å². The van der Waals surface area contributed by atoms with Crippen LogP contribution in [0.5, 0.6) is 0 Å². The van der Waals surface area contributed by atoms with Gasteiger partial charge in [0.1, 0.15) is 4.21 Å². The Morgan fingerprint density at radius 3 is 2.59 bits per heavy atom. The Hall–Kier alpha value is -1.61. The highest BCUT2D eigenvalue weighted by molar-refractivity contribution is 7.91. The van der Waals surface area contributed by atoms with Crippen molar-refractivity contribution in [2.24, 2.45) is 0 Å². The molecule has 0 saturated carbocycles. The summed E-state index contributed by atoms with van der Waals surface area (Å²) < 4.78 is 26.4. The molecule has 0 atom stereocenters. The predicted molar refractivity (Wildman–Crippen MR) is 111 cm³/mol. The molecule has 1 amide bonds. The van der Waals surface area contributed by atoms with E-state index in [1.807, 2.05) is 25.1 Å². The summed E-state index contributed by atoms with van der Waals surface area (Å²) in [6.07, 6.45) is 0. The first-order chi connectivity index (χ1) is 12.7. The SMILES string of the molecule is CCN(CCNC(=O)CN(C)S(=O)(=O)c1ccc(Cl)s1)c1cccc(C)c1. The lowest BCUT2D eigenvalue weighted by Crippen LogP contribution is -2.41. The normalized spacial score (nSPS) is 11.6. The largest absolute Gasteiger partial charge is 0.370 e. The number of rotatable bonds is 9. The van der Waals surface area contributed by atoms with Crippen LogP contribution in [0, 0.1) is 6.92 Å². The van der Waals surface area contributed by atoms with Crippen LogP contribution in [0.1, 0.15) is 12.5 Å². The zero-order valence-corrected chi connectivity index (χ0v) is 18.0. The molecule has 0 unspecified atom stereocenters. The maximum absolute atomic E-state index is 12.4. The summed E-state index contributed by atoms with van der Waals surface area (Å²) in [5, 5.41) is 2.78. The molecule has 0 fully saturated rings. The van der Waals surface area contributed by atoms with Gasteiger partial charge in [-0.25, -0.2) is 8.42 Å². The van der Waals surface area contributed by atoms with Crippen LogP contribution in [-0.2, 0) is 14.8 Å². The van der Waals surface area contributed by atoms with Gasteiger partial charge in [0.15, 0.2) is 0 Å². The Kier molecular flexibility index (Phi) is 7.67. The van der Waals surface area contributed by atoms with E-state index in [2.05, 4.69) is 23.2 Å². The molecule has 27 heavy (non-hydrogen) atoms. The minimum Gasteiger partial charge on any atom is -0.370 e.